The Bertz CT molecular complexity index is 789. The minimum atomic E-state index is 0.346. The molecule has 0 amide bonds. The Morgan fingerprint density at radius 1 is 1.09 bits per heavy atom. The molecule has 7 heteroatoms. The number of hydrogen-bond acceptors (Lipinski definition) is 4. The summed E-state index contributed by atoms with van der Waals surface area (Å²) in [5, 5.41) is 11.2. The fourth-order valence-electron chi connectivity index (χ4n) is 1.90. The summed E-state index contributed by atoms with van der Waals surface area (Å²) in [4.78, 5) is 4.33. The minimum Gasteiger partial charge on any atom is -0.353 e. The fraction of sp³-hybridized carbons (Fsp3) is 0.0625. The number of hydrogen-bond donors (Lipinski definition) is 2. The highest BCUT2D eigenvalue weighted by molar-refractivity contribution is 7.80. The second-order valence-corrected chi connectivity index (χ2v) is 5.54. The first-order valence-corrected chi connectivity index (χ1v) is 7.68. The molecule has 0 radical (unpaired) electrons. The van der Waals surface area contributed by atoms with Gasteiger partial charge in [0.2, 0.25) is 11.7 Å². The van der Waals surface area contributed by atoms with Gasteiger partial charge in [0.1, 0.15) is 0 Å². The highest BCUT2D eigenvalue weighted by Gasteiger charge is 2.08. The van der Waals surface area contributed by atoms with E-state index in [1.807, 2.05) is 42.5 Å². The highest BCUT2D eigenvalue weighted by Crippen LogP contribution is 2.15. The number of aromatic nitrogens is 2. The summed E-state index contributed by atoms with van der Waals surface area (Å²) in [6.07, 6.45) is 0. The number of nitrogens with one attached hydrogen (secondary N) is 2. The van der Waals surface area contributed by atoms with Crippen LogP contribution in [0.1, 0.15) is 5.89 Å². The van der Waals surface area contributed by atoms with Crippen molar-refractivity contribution in [2.24, 2.45) is 0 Å². The Morgan fingerprint density at radius 3 is 2.57 bits per heavy atom. The van der Waals surface area contributed by atoms with Crippen LogP contribution in [0.3, 0.4) is 0 Å². The van der Waals surface area contributed by atoms with Crippen LogP contribution >= 0.6 is 23.8 Å². The molecule has 1 heterocycles. The summed E-state index contributed by atoms with van der Waals surface area (Å²) in [7, 11) is 0. The summed E-state index contributed by atoms with van der Waals surface area (Å²) in [5.41, 5.74) is 1.76. The first-order chi connectivity index (χ1) is 11.2. The topological polar surface area (TPSA) is 63.0 Å². The number of halogens is 1. The van der Waals surface area contributed by atoms with Crippen molar-refractivity contribution in [3.8, 4) is 11.4 Å². The average Bonchev–Trinajstić information content (AvgIpc) is 3.05. The van der Waals surface area contributed by atoms with Crippen molar-refractivity contribution in [1.29, 1.82) is 0 Å². The van der Waals surface area contributed by atoms with Gasteiger partial charge in [-0.2, -0.15) is 4.98 Å². The van der Waals surface area contributed by atoms with Gasteiger partial charge in [-0.3, -0.25) is 0 Å². The smallest absolute Gasteiger partial charge is 0.246 e. The maximum Gasteiger partial charge on any atom is 0.246 e. The van der Waals surface area contributed by atoms with E-state index in [1.54, 1.807) is 12.1 Å². The summed E-state index contributed by atoms with van der Waals surface area (Å²) < 4.78 is 5.21. The predicted octanol–water partition coefficient (Wildman–Crippen LogP) is 3.88. The molecule has 2 N–H and O–H groups in total. The van der Waals surface area contributed by atoms with Crippen LogP contribution in [-0.2, 0) is 6.54 Å². The first-order valence-electron chi connectivity index (χ1n) is 6.89. The number of rotatable bonds is 4. The van der Waals surface area contributed by atoms with E-state index in [-0.39, 0.29) is 0 Å². The lowest BCUT2D eigenvalue weighted by molar-refractivity contribution is 0.376. The van der Waals surface area contributed by atoms with E-state index < -0.39 is 0 Å². The maximum absolute atomic E-state index is 5.84. The van der Waals surface area contributed by atoms with E-state index in [1.165, 1.54) is 0 Å². The molecule has 23 heavy (non-hydrogen) atoms. The van der Waals surface area contributed by atoms with Crippen molar-refractivity contribution >= 4 is 34.6 Å². The van der Waals surface area contributed by atoms with Gasteiger partial charge in [-0.05, 0) is 36.5 Å². The van der Waals surface area contributed by atoms with Crippen molar-refractivity contribution in [2.75, 3.05) is 5.32 Å². The zero-order chi connectivity index (χ0) is 16.1. The van der Waals surface area contributed by atoms with Gasteiger partial charge < -0.3 is 15.2 Å². The van der Waals surface area contributed by atoms with Gasteiger partial charge in [0.15, 0.2) is 5.11 Å². The average molecular weight is 345 g/mol. The highest BCUT2D eigenvalue weighted by atomic mass is 35.5. The second kappa shape index (κ2) is 7.21. The maximum atomic E-state index is 5.84. The Labute approximate surface area is 143 Å². The molecule has 5 nitrogen and oxygen atoms in total. The molecule has 0 saturated heterocycles. The Morgan fingerprint density at radius 2 is 1.83 bits per heavy atom. The van der Waals surface area contributed by atoms with Crippen LogP contribution in [0, 0.1) is 0 Å². The van der Waals surface area contributed by atoms with Gasteiger partial charge in [-0.25, -0.2) is 0 Å². The van der Waals surface area contributed by atoms with E-state index >= 15 is 0 Å². The van der Waals surface area contributed by atoms with Crippen LogP contribution in [0.4, 0.5) is 5.69 Å². The quantitative estimate of drug-likeness (QED) is 0.700. The van der Waals surface area contributed by atoms with Crippen LogP contribution in [0.2, 0.25) is 5.02 Å². The lowest BCUT2D eigenvalue weighted by Crippen LogP contribution is -2.27. The standard InChI is InChI=1S/C16H13ClN4OS/c17-12-6-8-13(9-7-12)19-16(23)18-10-14-20-15(21-22-14)11-4-2-1-3-5-11/h1-9H,10H2,(H2,18,19,23). The van der Waals surface area contributed by atoms with Crippen molar-refractivity contribution in [2.45, 2.75) is 6.54 Å². The van der Waals surface area contributed by atoms with Crippen LogP contribution in [0.15, 0.2) is 59.1 Å². The van der Waals surface area contributed by atoms with E-state index in [0.717, 1.165) is 11.3 Å². The monoisotopic (exact) mass is 344 g/mol. The number of benzene rings is 2. The molecule has 0 spiro atoms. The molecular formula is C16H13ClN4OS. The first kappa shape index (κ1) is 15.5. The fourth-order valence-corrected chi connectivity index (χ4v) is 2.21. The van der Waals surface area contributed by atoms with Crippen molar-refractivity contribution in [3.05, 3.63) is 65.5 Å². The van der Waals surface area contributed by atoms with Gasteiger partial charge in [-0.1, -0.05) is 47.1 Å². The van der Waals surface area contributed by atoms with E-state index in [0.29, 0.717) is 28.4 Å². The Balaban J connectivity index is 1.55. The van der Waals surface area contributed by atoms with Crippen LogP contribution in [0.5, 0.6) is 0 Å². The molecule has 0 aliphatic rings. The molecule has 3 rings (SSSR count). The molecule has 0 unspecified atom stereocenters. The predicted molar refractivity (Wildman–Crippen MR) is 94.2 cm³/mol. The third kappa shape index (κ3) is 4.28. The second-order valence-electron chi connectivity index (χ2n) is 4.69. The molecule has 0 aliphatic heterocycles. The largest absolute Gasteiger partial charge is 0.353 e. The lowest BCUT2D eigenvalue weighted by Gasteiger charge is -2.08. The summed E-state index contributed by atoms with van der Waals surface area (Å²) in [5.74, 6) is 1.02. The van der Waals surface area contributed by atoms with Gasteiger partial charge >= 0.3 is 0 Å². The van der Waals surface area contributed by atoms with Crippen LogP contribution in [0.25, 0.3) is 11.4 Å². The van der Waals surface area contributed by atoms with Crippen LogP contribution in [-0.4, -0.2) is 15.3 Å². The van der Waals surface area contributed by atoms with Crippen LogP contribution < -0.4 is 10.6 Å². The van der Waals surface area contributed by atoms with Gasteiger partial charge in [0, 0.05) is 16.3 Å². The molecule has 1 aromatic heterocycles. The van der Waals surface area contributed by atoms with Gasteiger partial charge in [-0.15, -0.1) is 0 Å². The van der Waals surface area contributed by atoms with Gasteiger partial charge in [0.05, 0.1) is 6.54 Å². The zero-order valence-corrected chi connectivity index (χ0v) is 13.6. The normalized spacial score (nSPS) is 10.3. The third-order valence-electron chi connectivity index (χ3n) is 3.00. The molecule has 0 fully saturated rings. The number of nitrogens with zero attached hydrogens (tertiary/aromatic N) is 2. The zero-order valence-electron chi connectivity index (χ0n) is 12.0. The van der Waals surface area contributed by atoms with Gasteiger partial charge in [0.25, 0.3) is 0 Å². The minimum absolute atomic E-state index is 0.346. The molecule has 2 aromatic carbocycles. The van der Waals surface area contributed by atoms with E-state index in [9.17, 15) is 0 Å². The molecule has 116 valence electrons. The number of thiocarbonyl (C=S) groups is 1. The summed E-state index contributed by atoms with van der Waals surface area (Å²) in [6, 6.07) is 16.9. The molecular weight excluding hydrogens is 332 g/mol. The molecule has 0 atom stereocenters. The molecule has 3 aromatic rings. The third-order valence-corrected chi connectivity index (χ3v) is 3.50. The van der Waals surface area contributed by atoms with Crippen molar-refractivity contribution in [1.82, 2.24) is 15.5 Å². The van der Waals surface area contributed by atoms with E-state index in [4.69, 9.17) is 28.3 Å². The molecule has 0 aliphatic carbocycles. The van der Waals surface area contributed by atoms with E-state index in [2.05, 4.69) is 20.8 Å². The molecule has 0 saturated carbocycles. The molecule has 0 bridgehead atoms. The van der Waals surface area contributed by atoms with Crippen molar-refractivity contribution in [3.63, 3.8) is 0 Å². The summed E-state index contributed by atoms with van der Waals surface area (Å²) in [6.45, 7) is 0.346. The Kier molecular flexibility index (Phi) is 4.85. The summed E-state index contributed by atoms with van der Waals surface area (Å²) >= 11 is 11.1. The number of anilines is 1. The van der Waals surface area contributed by atoms with Crippen molar-refractivity contribution < 1.29 is 4.52 Å². The Hall–Kier alpha value is -2.44. The lowest BCUT2D eigenvalue weighted by atomic mass is 10.2. The SMILES string of the molecule is S=C(NCc1nc(-c2ccccc2)no1)Nc1ccc(Cl)cc1.